The third kappa shape index (κ3) is 13.6. The molecule has 0 atom stereocenters. The van der Waals surface area contributed by atoms with E-state index in [0.717, 1.165) is 19.3 Å². The summed E-state index contributed by atoms with van der Waals surface area (Å²) in [6, 6.07) is 0. The SMILES string of the molecule is CC(C)(O)C(C)(C)O.CCCC/C=C/B(O)O. The Morgan fingerprint density at radius 2 is 1.41 bits per heavy atom. The zero-order valence-corrected chi connectivity index (χ0v) is 11.6. The van der Waals surface area contributed by atoms with E-state index in [0.29, 0.717) is 0 Å². The van der Waals surface area contributed by atoms with Gasteiger partial charge in [0.05, 0.1) is 11.2 Å². The standard InChI is InChI=1S/C6H13BO2.C6H14O2/c1-2-3-4-5-6-7(8)9;1-5(2,7)6(3,4)8/h5-6,8-9H,2-4H2,1H3;7-8H,1-4H3/b6-5+;. The second-order valence-corrected chi connectivity index (χ2v) is 5.10. The summed E-state index contributed by atoms with van der Waals surface area (Å²) in [5, 5.41) is 34.8. The maximum atomic E-state index is 9.10. The average Bonchev–Trinajstić information content (AvgIpc) is 2.10. The summed E-state index contributed by atoms with van der Waals surface area (Å²) < 4.78 is 0. The minimum Gasteiger partial charge on any atom is -0.424 e. The highest BCUT2D eigenvalue weighted by molar-refractivity contribution is 6.47. The molecule has 0 radical (unpaired) electrons. The molecule has 4 nitrogen and oxygen atoms in total. The molecule has 5 heteroatoms. The minimum absolute atomic E-state index is 0.939. The Labute approximate surface area is 105 Å². The van der Waals surface area contributed by atoms with Gasteiger partial charge < -0.3 is 20.3 Å². The van der Waals surface area contributed by atoms with E-state index in [-0.39, 0.29) is 0 Å². The summed E-state index contributed by atoms with van der Waals surface area (Å²) in [7, 11) is -1.28. The molecule has 0 bridgehead atoms. The number of rotatable bonds is 5. The molecule has 0 saturated carbocycles. The lowest BCUT2D eigenvalue weighted by atomic mass is 9.90. The summed E-state index contributed by atoms with van der Waals surface area (Å²) in [4.78, 5) is 0. The Bertz CT molecular complexity index is 190. The fourth-order valence-corrected chi connectivity index (χ4v) is 0.540. The average molecular weight is 246 g/mol. The Morgan fingerprint density at radius 3 is 1.65 bits per heavy atom. The second-order valence-electron chi connectivity index (χ2n) is 5.10. The third-order valence-corrected chi connectivity index (χ3v) is 2.53. The molecule has 0 aromatic heterocycles. The van der Waals surface area contributed by atoms with Gasteiger partial charge in [-0.05, 0) is 34.1 Å². The van der Waals surface area contributed by atoms with E-state index in [1.165, 1.54) is 5.98 Å². The maximum absolute atomic E-state index is 9.10. The fraction of sp³-hybridized carbons (Fsp3) is 0.833. The predicted octanol–water partition coefficient (Wildman–Crippen LogP) is 1.27. The van der Waals surface area contributed by atoms with Crippen LogP contribution in [0.15, 0.2) is 12.1 Å². The molecule has 0 unspecified atom stereocenters. The van der Waals surface area contributed by atoms with Crippen LogP contribution in [-0.4, -0.2) is 38.6 Å². The smallest absolute Gasteiger partial charge is 0.424 e. The van der Waals surface area contributed by atoms with Crippen LogP contribution >= 0.6 is 0 Å². The third-order valence-electron chi connectivity index (χ3n) is 2.53. The van der Waals surface area contributed by atoms with Crippen LogP contribution in [0.4, 0.5) is 0 Å². The van der Waals surface area contributed by atoms with Gasteiger partial charge in [-0.15, -0.1) is 0 Å². The first-order chi connectivity index (χ1) is 7.52. The first kappa shape index (κ1) is 19.0. The lowest BCUT2D eigenvalue weighted by Crippen LogP contribution is -2.44. The van der Waals surface area contributed by atoms with E-state index in [1.54, 1.807) is 33.8 Å². The molecule has 0 saturated heterocycles. The summed E-state index contributed by atoms with van der Waals surface area (Å²) in [6.07, 6.45) is 4.98. The highest BCUT2D eigenvalue weighted by Gasteiger charge is 2.31. The number of unbranched alkanes of at least 4 members (excludes halogenated alkanes) is 2. The van der Waals surface area contributed by atoms with E-state index >= 15 is 0 Å². The van der Waals surface area contributed by atoms with Crippen LogP contribution in [-0.2, 0) is 0 Å². The molecule has 102 valence electrons. The molecular weight excluding hydrogens is 219 g/mol. The Balaban J connectivity index is 0. The molecular formula is C12H27BO4. The molecule has 0 fully saturated rings. The van der Waals surface area contributed by atoms with Gasteiger partial charge in [0, 0.05) is 0 Å². The topological polar surface area (TPSA) is 80.9 Å². The van der Waals surface area contributed by atoms with Crippen molar-refractivity contribution in [3.8, 4) is 0 Å². The van der Waals surface area contributed by atoms with Crippen LogP contribution in [0.1, 0.15) is 53.9 Å². The van der Waals surface area contributed by atoms with Crippen LogP contribution in [0.25, 0.3) is 0 Å². The fourth-order valence-electron chi connectivity index (χ4n) is 0.540. The molecule has 0 rings (SSSR count). The molecule has 0 amide bonds. The molecule has 0 heterocycles. The van der Waals surface area contributed by atoms with Gasteiger partial charge >= 0.3 is 7.12 Å². The van der Waals surface area contributed by atoms with Crippen molar-refractivity contribution in [1.82, 2.24) is 0 Å². The predicted molar refractivity (Wildman–Crippen MR) is 71.5 cm³/mol. The highest BCUT2D eigenvalue weighted by Crippen LogP contribution is 2.19. The maximum Gasteiger partial charge on any atom is 0.480 e. The summed E-state index contributed by atoms with van der Waals surface area (Å²) >= 11 is 0. The number of hydrogen-bond donors (Lipinski definition) is 4. The van der Waals surface area contributed by atoms with Gasteiger partial charge in [0.2, 0.25) is 0 Å². The number of aliphatic hydroxyl groups is 2. The highest BCUT2D eigenvalue weighted by atomic mass is 16.4. The van der Waals surface area contributed by atoms with Crippen molar-refractivity contribution in [2.45, 2.75) is 65.1 Å². The Kier molecular flexibility index (Phi) is 9.72. The van der Waals surface area contributed by atoms with E-state index in [9.17, 15) is 0 Å². The Morgan fingerprint density at radius 1 is 1.00 bits per heavy atom. The van der Waals surface area contributed by atoms with E-state index in [4.69, 9.17) is 20.3 Å². The van der Waals surface area contributed by atoms with Crippen LogP contribution in [0.2, 0.25) is 0 Å². The van der Waals surface area contributed by atoms with Crippen molar-refractivity contribution in [3.05, 3.63) is 12.1 Å². The van der Waals surface area contributed by atoms with Crippen molar-refractivity contribution in [2.24, 2.45) is 0 Å². The molecule has 0 aliphatic heterocycles. The van der Waals surface area contributed by atoms with E-state index < -0.39 is 18.3 Å². The number of allylic oxidation sites excluding steroid dienone is 1. The van der Waals surface area contributed by atoms with Gasteiger partial charge in [0.15, 0.2) is 0 Å². The van der Waals surface area contributed by atoms with Crippen molar-refractivity contribution >= 4 is 7.12 Å². The van der Waals surface area contributed by atoms with Gasteiger partial charge in [-0.25, -0.2) is 0 Å². The zero-order valence-electron chi connectivity index (χ0n) is 11.6. The van der Waals surface area contributed by atoms with Crippen molar-refractivity contribution in [1.29, 1.82) is 0 Å². The quantitative estimate of drug-likeness (QED) is 0.435. The molecule has 0 aromatic carbocycles. The Hall–Kier alpha value is -0.355. The van der Waals surface area contributed by atoms with Crippen LogP contribution in [0.3, 0.4) is 0 Å². The van der Waals surface area contributed by atoms with Crippen LogP contribution in [0.5, 0.6) is 0 Å². The largest absolute Gasteiger partial charge is 0.480 e. The monoisotopic (exact) mass is 246 g/mol. The zero-order chi connectivity index (χ0) is 14.1. The number of hydrogen-bond acceptors (Lipinski definition) is 4. The molecule has 0 aliphatic carbocycles. The lowest BCUT2D eigenvalue weighted by molar-refractivity contribution is -0.107. The van der Waals surface area contributed by atoms with Crippen LogP contribution in [0, 0.1) is 0 Å². The van der Waals surface area contributed by atoms with Crippen molar-refractivity contribution in [3.63, 3.8) is 0 Å². The minimum atomic E-state index is -1.28. The summed E-state index contributed by atoms with van der Waals surface area (Å²) in [6.45, 7) is 8.41. The van der Waals surface area contributed by atoms with Crippen LogP contribution < -0.4 is 0 Å². The lowest BCUT2D eigenvalue weighted by Gasteiger charge is -2.31. The first-order valence-corrected chi connectivity index (χ1v) is 6.00. The van der Waals surface area contributed by atoms with Gasteiger partial charge in [-0.1, -0.05) is 31.8 Å². The first-order valence-electron chi connectivity index (χ1n) is 6.00. The molecule has 4 N–H and O–H groups in total. The van der Waals surface area contributed by atoms with Crippen molar-refractivity contribution < 1.29 is 20.3 Å². The molecule has 0 spiro atoms. The van der Waals surface area contributed by atoms with Crippen molar-refractivity contribution in [2.75, 3.05) is 0 Å². The molecule has 0 aliphatic rings. The molecule has 0 aromatic rings. The summed E-state index contributed by atoms with van der Waals surface area (Å²) in [5.74, 6) is 1.38. The molecule has 17 heavy (non-hydrogen) atoms. The van der Waals surface area contributed by atoms with Gasteiger partial charge in [-0.3, -0.25) is 0 Å². The van der Waals surface area contributed by atoms with Gasteiger partial charge in [0.1, 0.15) is 0 Å². The second kappa shape index (κ2) is 8.69. The summed E-state index contributed by atoms with van der Waals surface area (Å²) in [5.41, 5.74) is -2.01. The van der Waals surface area contributed by atoms with E-state index in [1.807, 2.05) is 0 Å². The normalized spacial score (nSPS) is 12.3. The van der Waals surface area contributed by atoms with Gasteiger partial charge in [-0.2, -0.15) is 0 Å². The van der Waals surface area contributed by atoms with Gasteiger partial charge in [0.25, 0.3) is 0 Å². The van der Waals surface area contributed by atoms with E-state index in [2.05, 4.69) is 6.92 Å².